The third-order valence-electron chi connectivity index (χ3n) is 7.41. The van der Waals surface area contributed by atoms with Crippen molar-refractivity contribution in [2.24, 2.45) is 5.92 Å². The molecule has 3 aromatic carbocycles. The van der Waals surface area contributed by atoms with Crippen LogP contribution in [0.4, 0.5) is 5.69 Å². The molecule has 2 heterocycles. The van der Waals surface area contributed by atoms with Crippen LogP contribution in [-0.2, 0) is 17.8 Å². The predicted octanol–water partition coefficient (Wildman–Crippen LogP) is 4.85. The molecule has 0 fully saturated rings. The number of para-hydroxylation sites is 1. The number of rotatable bonds is 6. The molecule has 0 unspecified atom stereocenters. The van der Waals surface area contributed by atoms with Gasteiger partial charge in [-0.05, 0) is 54.3 Å². The zero-order valence-corrected chi connectivity index (χ0v) is 23.9. The summed E-state index contributed by atoms with van der Waals surface area (Å²) < 4.78 is 1.79. The van der Waals surface area contributed by atoms with Crippen molar-refractivity contribution in [1.82, 2.24) is 24.6 Å². The second-order valence-corrected chi connectivity index (χ2v) is 11.0. The lowest BCUT2D eigenvalue weighted by molar-refractivity contribution is -0.118. The van der Waals surface area contributed by atoms with Crippen molar-refractivity contribution >= 4 is 17.5 Å². The van der Waals surface area contributed by atoms with E-state index in [0.29, 0.717) is 37.5 Å². The van der Waals surface area contributed by atoms with Crippen LogP contribution >= 0.6 is 0 Å². The number of aromatic nitrogens is 3. The predicted molar refractivity (Wildman–Crippen MR) is 161 cm³/mol. The first-order chi connectivity index (χ1) is 20.0. The highest BCUT2D eigenvalue weighted by atomic mass is 16.2. The van der Waals surface area contributed by atoms with Gasteiger partial charge in [0.25, 0.3) is 5.91 Å². The Kier molecular flexibility index (Phi) is 9.21. The zero-order chi connectivity index (χ0) is 28.6. The normalized spacial score (nSPS) is 14.9. The summed E-state index contributed by atoms with van der Waals surface area (Å²) in [5.41, 5.74) is 4.28. The van der Waals surface area contributed by atoms with Crippen LogP contribution in [0.3, 0.4) is 0 Å². The van der Waals surface area contributed by atoms with Crippen molar-refractivity contribution in [3.05, 3.63) is 108 Å². The Morgan fingerprint density at radius 3 is 2.37 bits per heavy atom. The van der Waals surface area contributed by atoms with Crippen molar-refractivity contribution in [3.63, 3.8) is 0 Å². The summed E-state index contributed by atoms with van der Waals surface area (Å²) in [4.78, 5) is 34.1. The highest BCUT2D eigenvalue weighted by Gasteiger charge is 2.25. The van der Waals surface area contributed by atoms with Crippen LogP contribution < -0.4 is 4.90 Å². The maximum atomic E-state index is 14.1. The summed E-state index contributed by atoms with van der Waals surface area (Å²) in [5.74, 6) is 0.524. The average molecular weight is 551 g/mol. The van der Waals surface area contributed by atoms with Crippen LogP contribution in [0.25, 0.3) is 5.69 Å². The summed E-state index contributed by atoms with van der Waals surface area (Å²) in [6.07, 6.45) is 4.44. The van der Waals surface area contributed by atoms with Gasteiger partial charge >= 0.3 is 0 Å². The minimum atomic E-state index is -0.0411. The summed E-state index contributed by atoms with van der Waals surface area (Å²) in [5, 5.41) is 7.80. The first kappa shape index (κ1) is 28.2. The zero-order valence-electron chi connectivity index (χ0n) is 23.9. The molecule has 1 aliphatic rings. The van der Waals surface area contributed by atoms with E-state index >= 15 is 0 Å². The lowest BCUT2D eigenvalue weighted by Crippen LogP contribution is -2.40. The summed E-state index contributed by atoms with van der Waals surface area (Å²) in [6, 6.07) is 25.5. The van der Waals surface area contributed by atoms with E-state index in [-0.39, 0.29) is 11.8 Å². The summed E-state index contributed by atoms with van der Waals surface area (Å²) in [6.45, 7) is 8.65. The SMILES string of the molecule is CC(C)CN1CCCN(C(=O)Cc2ccccc2)c2ccccc2CN(C(=O)c2cccc(-n3cnnc3)c2)CC1. The van der Waals surface area contributed by atoms with Crippen LogP contribution in [0, 0.1) is 5.92 Å². The molecule has 0 aliphatic carbocycles. The fourth-order valence-electron chi connectivity index (χ4n) is 5.45. The van der Waals surface area contributed by atoms with Gasteiger partial charge in [0, 0.05) is 49.7 Å². The van der Waals surface area contributed by atoms with E-state index in [4.69, 9.17) is 0 Å². The first-order valence-corrected chi connectivity index (χ1v) is 14.4. The fourth-order valence-corrected chi connectivity index (χ4v) is 5.45. The molecule has 8 nitrogen and oxygen atoms in total. The van der Waals surface area contributed by atoms with Crippen molar-refractivity contribution in [3.8, 4) is 5.69 Å². The Morgan fingerprint density at radius 2 is 1.59 bits per heavy atom. The van der Waals surface area contributed by atoms with E-state index in [2.05, 4.69) is 28.9 Å². The molecule has 1 aromatic heterocycles. The number of amides is 2. The first-order valence-electron chi connectivity index (χ1n) is 14.4. The van der Waals surface area contributed by atoms with Gasteiger partial charge in [-0.25, -0.2) is 0 Å². The molecule has 5 rings (SSSR count). The van der Waals surface area contributed by atoms with Crippen LogP contribution in [-0.4, -0.2) is 69.1 Å². The van der Waals surface area contributed by atoms with Gasteiger partial charge in [0.05, 0.1) is 6.42 Å². The van der Waals surface area contributed by atoms with Crippen molar-refractivity contribution in [1.29, 1.82) is 0 Å². The quantitative estimate of drug-likeness (QED) is 0.343. The molecule has 8 heteroatoms. The van der Waals surface area contributed by atoms with Gasteiger partial charge in [-0.1, -0.05) is 68.4 Å². The Hall–Kier alpha value is -4.30. The maximum absolute atomic E-state index is 14.1. The third kappa shape index (κ3) is 7.27. The minimum Gasteiger partial charge on any atom is -0.333 e. The number of carbonyl (C=O) groups is 2. The second-order valence-electron chi connectivity index (χ2n) is 11.0. The Bertz CT molecular complexity index is 1440. The number of hydrogen-bond acceptors (Lipinski definition) is 5. The van der Waals surface area contributed by atoms with Gasteiger partial charge in [-0.15, -0.1) is 10.2 Å². The topological polar surface area (TPSA) is 74.6 Å². The smallest absolute Gasteiger partial charge is 0.254 e. The van der Waals surface area contributed by atoms with E-state index in [0.717, 1.165) is 48.6 Å². The van der Waals surface area contributed by atoms with E-state index in [9.17, 15) is 9.59 Å². The number of benzene rings is 3. The van der Waals surface area contributed by atoms with Crippen molar-refractivity contribution in [2.45, 2.75) is 33.2 Å². The molecular weight excluding hydrogens is 512 g/mol. The molecule has 212 valence electrons. The second kappa shape index (κ2) is 13.4. The fraction of sp³-hybridized carbons (Fsp3) is 0.333. The Morgan fingerprint density at radius 1 is 0.829 bits per heavy atom. The number of hydrogen-bond donors (Lipinski definition) is 0. The van der Waals surface area contributed by atoms with Gasteiger partial charge in [-0.2, -0.15) is 0 Å². The van der Waals surface area contributed by atoms with E-state index in [1.54, 1.807) is 17.2 Å². The number of nitrogens with zero attached hydrogens (tertiary/aromatic N) is 6. The summed E-state index contributed by atoms with van der Waals surface area (Å²) >= 11 is 0. The van der Waals surface area contributed by atoms with Crippen LogP contribution in [0.15, 0.2) is 91.5 Å². The maximum Gasteiger partial charge on any atom is 0.254 e. The summed E-state index contributed by atoms with van der Waals surface area (Å²) in [7, 11) is 0. The highest BCUT2D eigenvalue weighted by Crippen LogP contribution is 2.25. The standard InChI is InChI=1S/C33H38N6O2/c1-26(2)22-36-16-9-17-39(32(40)20-27-10-4-3-5-11-27)31-15-7-6-12-29(31)23-37(19-18-36)33(41)28-13-8-14-30(21-28)38-24-34-35-25-38/h3-8,10-15,21,24-26H,9,16-20,22-23H2,1-2H3. The molecule has 2 amide bonds. The molecular formula is C33H38N6O2. The molecule has 4 aromatic rings. The van der Waals surface area contributed by atoms with E-state index < -0.39 is 0 Å². The molecule has 0 atom stereocenters. The Labute approximate surface area is 242 Å². The van der Waals surface area contributed by atoms with Gasteiger partial charge in [0.15, 0.2) is 0 Å². The largest absolute Gasteiger partial charge is 0.333 e. The lowest BCUT2D eigenvalue weighted by atomic mass is 10.1. The van der Waals surface area contributed by atoms with Crippen LogP contribution in [0.2, 0.25) is 0 Å². The van der Waals surface area contributed by atoms with Gasteiger partial charge < -0.3 is 14.7 Å². The molecule has 1 aliphatic heterocycles. The lowest BCUT2D eigenvalue weighted by Gasteiger charge is -2.29. The van der Waals surface area contributed by atoms with E-state index in [1.807, 2.05) is 88.7 Å². The molecule has 0 saturated carbocycles. The van der Waals surface area contributed by atoms with Crippen molar-refractivity contribution in [2.75, 3.05) is 37.6 Å². The molecule has 0 N–H and O–H groups in total. The monoisotopic (exact) mass is 550 g/mol. The molecule has 0 saturated heterocycles. The van der Waals surface area contributed by atoms with Crippen LogP contribution in [0.1, 0.15) is 41.8 Å². The molecule has 0 bridgehead atoms. The molecule has 0 radical (unpaired) electrons. The van der Waals surface area contributed by atoms with Crippen LogP contribution in [0.5, 0.6) is 0 Å². The van der Waals surface area contributed by atoms with Gasteiger partial charge in [0.1, 0.15) is 12.7 Å². The Balaban J connectivity index is 1.47. The third-order valence-corrected chi connectivity index (χ3v) is 7.41. The van der Waals surface area contributed by atoms with Crippen molar-refractivity contribution < 1.29 is 9.59 Å². The number of carbonyl (C=O) groups excluding carboxylic acids is 2. The van der Waals surface area contributed by atoms with E-state index in [1.165, 1.54) is 0 Å². The molecule has 0 spiro atoms. The number of fused-ring (bicyclic) bond motifs is 1. The molecule has 41 heavy (non-hydrogen) atoms. The van der Waals surface area contributed by atoms with Gasteiger partial charge in [0.2, 0.25) is 5.91 Å². The van der Waals surface area contributed by atoms with Gasteiger partial charge in [-0.3, -0.25) is 14.2 Å². The number of anilines is 1. The average Bonchev–Trinajstić information content (AvgIpc) is 3.52. The highest BCUT2D eigenvalue weighted by molar-refractivity contribution is 5.96. The minimum absolute atomic E-state index is 0.0411.